The molecule has 0 spiro atoms. The maximum Gasteiger partial charge on any atom is 0.253 e. The van der Waals surface area contributed by atoms with Crippen LogP contribution in [-0.4, -0.2) is 10.9 Å². The Kier molecular flexibility index (Phi) is 3.52. The van der Waals surface area contributed by atoms with Gasteiger partial charge in [0.2, 0.25) is 0 Å². The highest BCUT2D eigenvalue weighted by Gasteiger charge is 2.05. The Labute approximate surface area is 104 Å². The van der Waals surface area contributed by atoms with Crippen LogP contribution >= 0.6 is 0 Å². The van der Waals surface area contributed by atoms with Crippen molar-refractivity contribution in [1.29, 1.82) is 0 Å². The minimum atomic E-state index is -0.298. The number of rotatable bonds is 3. The summed E-state index contributed by atoms with van der Waals surface area (Å²) in [5.41, 5.74) is 6.69. The largest absolute Gasteiger partial charge is 0.384 e. The summed E-state index contributed by atoms with van der Waals surface area (Å²) in [5.74, 6) is -0.176. The van der Waals surface area contributed by atoms with Crippen molar-refractivity contribution in [2.24, 2.45) is 0 Å². The van der Waals surface area contributed by atoms with Crippen LogP contribution in [0.2, 0.25) is 0 Å². The van der Waals surface area contributed by atoms with Gasteiger partial charge in [0.15, 0.2) is 0 Å². The van der Waals surface area contributed by atoms with E-state index in [1.807, 2.05) is 0 Å². The molecule has 0 aliphatic heterocycles. The molecule has 0 aliphatic carbocycles. The van der Waals surface area contributed by atoms with Crippen LogP contribution in [0.4, 0.5) is 10.2 Å². The van der Waals surface area contributed by atoms with Crippen LogP contribution in [0.15, 0.2) is 42.6 Å². The van der Waals surface area contributed by atoms with Crippen molar-refractivity contribution in [2.45, 2.75) is 6.54 Å². The van der Waals surface area contributed by atoms with Crippen LogP contribution in [-0.2, 0) is 6.54 Å². The SMILES string of the molecule is Nc1ccc(C(=O)NCc2ccc(F)cc2)cn1. The Hall–Kier alpha value is -2.43. The minimum absolute atomic E-state index is 0.244. The lowest BCUT2D eigenvalue weighted by atomic mass is 10.2. The van der Waals surface area contributed by atoms with Gasteiger partial charge < -0.3 is 11.1 Å². The summed E-state index contributed by atoms with van der Waals surface area (Å²) in [7, 11) is 0. The van der Waals surface area contributed by atoms with E-state index in [0.717, 1.165) is 5.56 Å². The van der Waals surface area contributed by atoms with Gasteiger partial charge in [0, 0.05) is 12.7 Å². The number of benzene rings is 1. The number of anilines is 1. The lowest BCUT2D eigenvalue weighted by Gasteiger charge is -2.05. The molecule has 3 N–H and O–H groups in total. The van der Waals surface area contributed by atoms with Gasteiger partial charge in [-0.25, -0.2) is 9.37 Å². The zero-order valence-corrected chi connectivity index (χ0v) is 9.56. The summed E-state index contributed by atoms with van der Waals surface area (Å²) in [6, 6.07) is 9.11. The first-order chi connectivity index (χ1) is 8.65. The molecular weight excluding hydrogens is 233 g/mol. The Morgan fingerprint density at radius 1 is 1.22 bits per heavy atom. The highest BCUT2D eigenvalue weighted by Crippen LogP contribution is 2.04. The Morgan fingerprint density at radius 3 is 2.56 bits per heavy atom. The van der Waals surface area contributed by atoms with Crippen LogP contribution in [0.1, 0.15) is 15.9 Å². The summed E-state index contributed by atoms with van der Waals surface area (Å²) in [6.07, 6.45) is 1.41. The number of amides is 1. The van der Waals surface area contributed by atoms with E-state index in [-0.39, 0.29) is 11.7 Å². The second-order valence-corrected chi connectivity index (χ2v) is 3.78. The van der Waals surface area contributed by atoms with Gasteiger partial charge in [-0.3, -0.25) is 4.79 Å². The van der Waals surface area contributed by atoms with Crippen LogP contribution < -0.4 is 11.1 Å². The molecule has 1 heterocycles. The van der Waals surface area contributed by atoms with Gasteiger partial charge in [0.1, 0.15) is 11.6 Å². The standard InChI is InChI=1S/C13H12FN3O/c14-11-4-1-9(2-5-11)7-17-13(18)10-3-6-12(15)16-8-10/h1-6,8H,7H2,(H2,15,16)(H,17,18). The van der Waals surface area contributed by atoms with Crippen molar-refractivity contribution in [3.63, 3.8) is 0 Å². The molecule has 0 saturated heterocycles. The van der Waals surface area contributed by atoms with E-state index in [1.165, 1.54) is 18.3 Å². The van der Waals surface area contributed by atoms with Gasteiger partial charge in [-0.05, 0) is 29.8 Å². The van der Waals surface area contributed by atoms with E-state index < -0.39 is 0 Å². The number of aromatic nitrogens is 1. The van der Waals surface area contributed by atoms with Crippen molar-refractivity contribution in [1.82, 2.24) is 10.3 Å². The fourth-order valence-corrected chi connectivity index (χ4v) is 1.43. The van der Waals surface area contributed by atoms with E-state index in [4.69, 9.17) is 5.73 Å². The predicted molar refractivity (Wildman–Crippen MR) is 66.2 cm³/mol. The highest BCUT2D eigenvalue weighted by atomic mass is 19.1. The summed E-state index contributed by atoms with van der Waals surface area (Å²) >= 11 is 0. The molecule has 2 rings (SSSR count). The molecule has 0 radical (unpaired) electrons. The summed E-state index contributed by atoms with van der Waals surface area (Å²) in [5, 5.41) is 2.71. The van der Waals surface area contributed by atoms with Crippen LogP contribution in [0.5, 0.6) is 0 Å². The van der Waals surface area contributed by atoms with Crippen molar-refractivity contribution in [3.05, 3.63) is 59.5 Å². The molecule has 92 valence electrons. The van der Waals surface area contributed by atoms with Crippen LogP contribution in [0.3, 0.4) is 0 Å². The maximum absolute atomic E-state index is 12.7. The highest BCUT2D eigenvalue weighted by molar-refractivity contribution is 5.93. The molecule has 4 nitrogen and oxygen atoms in total. The fraction of sp³-hybridized carbons (Fsp3) is 0.0769. The number of hydrogen-bond donors (Lipinski definition) is 2. The molecule has 0 fully saturated rings. The van der Waals surface area contributed by atoms with Gasteiger partial charge in [-0.15, -0.1) is 0 Å². The molecule has 0 aliphatic rings. The normalized spacial score (nSPS) is 10.1. The van der Waals surface area contributed by atoms with Gasteiger partial charge in [-0.1, -0.05) is 12.1 Å². The number of pyridine rings is 1. The number of nitrogens with zero attached hydrogens (tertiary/aromatic N) is 1. The van der Waals surface area contributed by atoms with E-state index in [1.54, 1.807) is 24.3 Å². The number of hydrogen-bond acceptors (Lipinski definition) is 3. The summed E-state index contributed by atoms with van der Waals surface area (Å²) in [4.78, 5) is 15.6. The smallest absolute Gasteiger partial charge is 0.253 e. The first-order valence-electron chi connectivity index (χ1n) is 5.39. The van der Waals surface area contributed by atoms with E-state index in [0.29, 0.717) is 17.9 Å². The van der Waals surface area contributed by atoms with Crippen LogP contribution in [0, 0.1) is 5.82 Å². The minimum Gasteiger partial charge on any atom is -0.384 e. The van der Waals surface area contributed by atoms with E-state index >= 15 is 0 Å². The van der Waals surface area contributed by atoms with Crippen molar-refractivity contribution in [2.75, 3.05) is 5.73 Å². The molecule has 0 bridgehead atoms. The third kappa shape index (κ3) is 3.04. The first kappa shape index (κ1) is 12.0. The van der Waals surface area contributed by atoms with E-state index in [9.17, 15) is 9.18 Å². The third-order valence-electron chi connectivity index (χ3n) is 2.41. The second-order valence-electron chi connectivity index (χ2n) is 3.78. The summed E-state index contributed by atoms with van der Waals surface area (Å²) in [6.45, 7) is 0.337. The molecular formula is C13H12FN3O. The number of nitrogens with two attached hydrogens (primary N) is 1. The molecule has 1 aromatic carbocycles. The zero-order valence-electron chi connectivity index (χ0n) is 9.56. The van der Waals surface area contributed by atoms with Gasteiger partial charge in [0.25, 0.3) is 5.91 Å². The lowest BCUT2D eigenvalue weighted by Crippen LogP contribution is -2.22. The quantitative estimate of drug-likeness (QED) is 0.865. The van der Waals surface area contributed by atoms with E-state index in [2.05, 4.69) is 10.3 Å². The Morgan fingerprint density at radius 2 is 1.94 bits per heavy atom. The second kappa shape index (κ2) is 5.27. The van der Waals surface area contributed by atoms with Gasteiger partial charge in [0.05, 0.1) is 5.56 Å². The molecule has 0 atom stereocenters. The Balaban J connectivity index is 1.96. The monoisotopic (exact) mass is 245 g/mol. The van der Waals surface area contributed by atoms with Crippen molar-refractivity contribution < 1.29 is 9.18 Å². The van der Waals surface area contributed by atoms with Crippen LogP contribution in [0.25, 0.3) is 0 Å². The molecule has 0 saturated carbocycles. The average molecular weight is 245 g/mol. The fourth-order valence-electron chi connectivity index (χ4n) is 1.43. The first-order valence-corrected chi connectivity index (χ1v) is 5.39. The van der Waals surface area contributed by atoms with Gasteiger partial charge >= 0.3 is 0 Å². The molecule has 2 aromatic rings. The summed E-state index contributed by atoms with van der Waals surface area (Å²) < 4.78 is 12.7. The average Bonchev–Trinajstić information content (AvgIpc) is 2.38. The molecule has 1 aromatic heterocycles. The lowest BCUT2D eigenvalue weighted by molar-refractivity contribution is 0.0950. The molecule has 1 amide bonds. The predicted octanol–water partition coefficient (Wildman–Crippen LogP) is 1.73. The molecule has 5 heteroatoms. The number of halogens is 1. The number of nitrogen functional groups attached to an aromatic ring is 1. The molecule has 0 unspecified atom stereocenters. The number of nitrogens with one attached hydrogen (secondary N) is 1. The van der Waals surface area contributed by atoms with Crippen molar-refractivity contribution >= 4 is 11.7 Å². The number of carbonyl (C=O) groups is 1. The number of carbonyl (C=O) groups excluding carboxylic acids is 1. The topological polar surface area (TPSA) is 68.0 Å². The maximum atomic E-state index is 12.7. The Bertz CT molecular complexity index is 537. The molecule has 18 heavy (non-hydrogen) atoms. The third-order valence-corrected chi connectivity index (χ3v) is 2.41. The zero-order chi connectivity index (χ0) is 13.0. The van der Waals surface area contributed by atoms with Gasteiger partial charge in [-0.2, -0.15) is 0 Å². The van der Waals surface area contributed by atoms with Crippen molar-refractivity contribution in [3.8, 4) is 0 Å².